The summed E-state index contributed by atoms with van der Waals surface area (Å²) >= 11 is 1.74. The van der Waals surface area contributed by atoms with Gasteiger partial charge in [-0.25, -0.2) is 4.98 Å². The van der Waals surface area contributed by atoms with Crippen LogP contribution in [0.1, 0.15) is 11.8 Å². The van der Waals surface area contributed by atoms with E-state index in [1.54, 1.807) is 11.3 Å². The Kier molecular flexibility index (Phi) is 2.27. The van der Waals surface area contributed by atoms with Crippen LogP contribution in [0.15, 0.2) is 6.20 Å². The maximum atomic E-state index is 4.23. The minimum atomic E-state index is 1.02. The van der Waals surface area contributed by atoms with Gasteiger partial charge in [0.25, 0.3) is 0 Å². The fraction of sp³-hybridized carbons (Fsp3) is 0.571. The normalized spacial score (nSPS) is 9.90. The second-order valence-electron chi connectivity index (χ2n) is 2.27. The third-order valence-corrected chi connectivity index (χ3v) is 2.44. The van der Waals surface area contributed by atoms with Crippen LogP contribution in [0, 0.1) is 6.92 Å². The number of hydrogen-bond donors (Lipinski definition) is 0. The van der Waals surface area contributed by atoms with Gasteiger partial charge in [0.15, 0.2) is 5.13 Å². The molecule has 0 amide bonds. The molecule has 0 atom stereocenters. The minimum absolute atomic E-state index is 1.02. The molecule has 0 aliphatic carbocycles. The first kappa shape index (κ1) is 7.54. The van der Waals surface area contributed by atoms with Gasteiger partial charge < -0.3 is 4.90 Å². The molecule has 0 aliphatic heterocycles. The molecule has 0 fully saturated rings. The highest BCUT2D eigenvalue weighted by Gasteiger charge is 2.00. The SMILES string of the molecule is CCN(C)c1ncc(C)s1. The lowest BCUT2D eigenvalue weighted by Gasteiger charge is -2.10. The predicted octanol–water partition coefficient (Wildman–Crippen LogP) is 1.91. The average molecular weight is 156 g/mol. The molecular formula is C7H12N2S. The van der Waals surface area contributed by atoms with Gasteiger partial charge >= 0.3 is 0 Å². The Labute approximate surface area is 65.5 Å². The van der Waals surface area contributed by atoms with Crippen LogP contribution in [0.25, 0.3) is 0 Å². The highest BCUT2D eigenvalue weighted by molar-refractivity contribution is 7.15. The van der Waals surface area contributed by atoms with Gasteiger partial charge in [0.1, 0.15) is 0 Å². The molecule has 0 aliphatic rings. The summed E-state index contributed by atoms with van der Waals surface area (Å²) < 4.78 is 0. The summed E-state index contributed by atoms with van der Waals surface area (Å²) in [7, 11) is 2.05. The molecule has 0 N–H and O–H groups in total. The Morgan fingerprint density at radius 1 is 1.70 bits per heavy atom. The lowest BCUT2D eigenvalue weighted by Crippen LogP contribution is -2.14. The van der Waals surface area contributed by atoms with Crippen LogP contribution in [0.4, 0.5) is 5.13 Å². The van der Waals surface area contributed by atoms with Gasteiger partial charge in [-0.2, -0.15) is 0 Å². The van der Waals surface area contributed by atoms with E-state index in [0.717, 1.165) is 11.7 Å². The van der Waals surface area contributed by atoms with Crippen LogP contribution in [-0.4, -0.2) is 18.6 Å². The molecule has 1 aromatic heterocycles. The van der Waals surface area contributed by atoms with E-state index < -0.39 is 0 Å². The van der Waals surface area contributed by atoms with Crippen LogP contribution >= 0.6 is 11.3 Å². The van der Waals surface area contributed by atoms with Crippen molar-refractivity contribution < 1.29 is 0 Å². The molecule has 0 saturated carbocycles. The third kappa shape index (κ3) is 1.48. The fourth-order valence-electron chi connectivity index (χ4n) is 0.655. The molecule has 1 aromatic rings. The first-order valence-corrected chi connectivity index (χ1v) is 4.19. The third-order valence-electron chi connectivity index (χ3n) is 1.41. The highest BCUT2D eigenvalue weighted by atomic mass is 32.1. The van der Waals surface area contributed by atoms with E-state index >= 15 is 0 Å². The maximum Gasteiger partial charge on any atom is 0.185 e. The maximum absolute atomic E-state index is 4.23. The van der Waals surface area contributed by atoms with Gasteiger partial charge in [-0.15, -0.1) is 11.3 Å². The average Bonchev–Trinajstić information content (AvgIpc) is 2.34. The predicted molar refractivity (Wildman–Crippen MR) is 45.8 cm³/mol. The van der Waals surface area contributed by atoms with Crippen molar-refractivity contribution >= 4 is 16.5 Å². The molecular weight excluding hydrogens is 144 g/mol. The van der Waals surface area contributed by atoms with E-state index in [4.69, 9.17) is 0 Å². The van der Waals surface area contributed by atoms with Gasteiger partial charge in [-0.3, -0.25) is 0 Å². The standard InChI is InChI=1S/C7H12N2S/c1-4-9(3)7-8-5-6(2)10-7/h5H,4H2,1-3H3. The van der Waals surface area contributed by atoms with Crippen molar-refractivity contribution in [1.29, 1.82) is 0 Å². The van der Waals surface area contributed by atoms with Gasteiger partial charge in [-0.05, 0) is 13.8 Å². The quantitative estimate of drug-likeness (QED) is 0.650. The van der Waals surface area contributed by atoms with Gasteiger partial charge in [-0.1, -0.05) is 0 Å². The van der Waals surface area contributed by atoms with E-state index in [9.17, 15) is 0 Å². The number of aryl methyl sites for hydroxylation is 1. The van der Waals surface area contributed by atoms with E-state index in [2.05, 4.69) is 30.8 Å². The summed E-state index contributed by atoms with van der Waals surface area (Å²) in [4.78, 5) is 7.64. The largest absolute Gasteiger partial charge is 0.351 e. The number of hydrogen-bond acceptors (Lipinski definition) is 3. The van der Waals surface area contributed by atoms with Crippen molar-refractivity contribution in [2.45, 2.75) is 13.8 Å². The molecule has 0 saturated heterocycles. The smallest absolute Gasteiger partial charge is 0.185 e. The monoisotopic (exact) mass is 156 g/mol. The first-order chi connectivity index (χ1) is 4.74. The summed E-state index contributed by atoms with van der Waals surface area (Å²) in [6.45, 7) is 5.22. The lowest BCUT2D eigenvalue weighted by atomic mass is 10.6. The van der Waals surface area contributed by atoms with Gasteiger partial charge in [0.2, 0.25) is 0 Å². The van der Waals surface area contributed by atoms with Crippen molar-refractivity contribution in [3.63, 3.8) is 0 Å². The summed E-state index contributed by atoms with van der Waals surface area (Å²) in [5.74, 6) is 0. The number of thiazole rings is 1. The summed E-state index contributed by atoms with van der Waals surface area (Å²) in [5, 5.41) is 1.11. The minimum Gasteiger partial charge on any atom is -0.351 e. The van der Waals surface area contributed by atoms with Crippen molar-refractivity contribution in [2.24, 2.45) is 0 Å². The molecule has 10 heavy (non-hydrogen) atoms. The van der Waals surface area contributed by atoms with Crippen molar-refractivity contribution in [1.82, 2.24) is 4.98 Å². The van der Waals surface area contributed by atoms with Crippen LogP contribution in [0.5, 0.6) is 0 Å². The molecule has 0 spiro atoms. The number of anilines is 1. The van der Waals surface area contributed by atoms with Crippen molar-refractivity contribution in [3.8, 4) is 0 Å². The lowest BCUT2D eigenvalue weighted by molar-refractivity contribution is 0.958. The Hall–Kier alpha value is -0.570. The fourth-order valence-corrected chi connectivity index (χ4v) is 1.44. The summed E-state index contributed by atoms with van der Waals surface area (Å²) in [6.07, 6.45) is 1.91. The molecule has 0 unspecified atom stereocenters. The molecule has 0 bridgehead atoms. The molecule has 1 rings (SSSR count). The Morgan fingerprint density at radius 2 is 2.40 bits per heavy atom. The zero-order valence-electron chi connectivity index (χ0n) is 6.59. The van der Waals surface area contributed by atoms with E-state index in [1.165, 1.54) is 4.88 Å². The highest BCUT2D eigenvalue weighted by Crippen LogP contribution is 2.19. The Bertz CT molecular complexity index is 207. The molecule has 56 valence electrons. The van der Waals surface area contributed by atoms with Crippen molar-refractivity contribution in [3.05, 3.63) is 11.1 Å². The second kappa shape index (κ2) is 3.01. The Balaban J connectivity index is 2.74. The van der Waals surface area contributed by atoms with Gasteiger partial charge in [0, 0.05) is 24.7 Å². The van der Waals surface area contributed by atoms with Crippen LogP contribution < -0.4 is 4.90 Å². The molecule has 1 heterocycles. The van der Waals surface area contributed by atoms with E-state index in [0.29, 0.717) is 0 Å². The second-order valence-corrected chi connectivity index (χ2v) is 3.48. The number of rotatable bonds is 2. The van der Waals surface area contributed by atoms with Crippen LogP contribution in [-0.2, 0) is 0 Å². The van der Waals surface area contributed by atoms with Crippen molar-refractivity contribution in [2.75, 3.05) is 18.5 Å². The first-order valence-electron chi connectivity index (χ1n) is 3.37. The summed E-state index contributed by atoms with van der Waals surface area (Å²) in [5.41, 5.74) is 0. The zero-order chi connectivity index (χ0) is 7.56. The Morgan fingerprint density at radius 3 is 2.80 bits per heavy atom. The molecule has 0 radical (unpaired) electrons. The zero-order valence-corrected chi connectivity index (χ0v) is 7.40. The van der Waals surface area contributed by atoms with Crippen LogP contribution in [0.3, 0.4) is 0 Å². The van der Waals surface area contributed by atoms with Crippen LogP contribution in [0.2, 0.25) is 0 Å². The molecule has 2 nitrogen and oxygen atoms in total. The molecule has 3 heteroatoms. The topological polar surface area (TPSA) is 16.1 Å². The molecule has 0 aromatic carbocycles. The van der Waals surface area contributed by atoms with E-state index in [1.807, 2.05) is 6.20 Å². The van der Waals surface area contributed by atoms with Gasteiger partial charge in [0.05, 0.1) is 0 Å². The number of aromatic nitrogens is 1. The number of nitrogens with zero attached hydrogens (tertiary/aromatic N) is 2. The summed E-state index contributed by atoms with van der Waals surface area (Å²) in [6, 6.07) is 0. The van der Waals surface area contributed by atoms with E-state index in [-0.39, 0.29) is 0 Å².